The van der Waals surface area contributed by atoms with E-state index >= 15 is 0 Å². The van der Waals surface area contributed by atoms with Gasteiger partial charge < -0.3 is 9.67 Å². The number of carboxylic acids is 1. The maximum absolute atomic E-state index is 13.9. The lowest BCUT2D eigenvalue weighted by Crippen LogP contribution is -2.10. The maximum atomic E-state index is 13.9. The number of aromatic nitrogens is 1. The molecule has 0 spiro atoms. The molecule has 1 rings (SSSR count). The summed E-state index contributed by atoms with van der Waals surface area (Å²) in [5.41, 5.74) is 0.219. The van der Waals surface area contributed by atoms with E-state index in [0.717, 1.165) is 12.8 Å². The second-order valence-electron chi connectivity index (χ2n) is 6.47. The summed E-state index contributed by atoms with van der Waals surface area (Å²) >= 11 is 0. The van der Waals surface area contributed by atoms with Crippen molar-refractivity contribution in [3.8, 4) is 0 Å². The van der Waals surface area contributed by atoms with E-state index in [2.05, 4.69) is 6.92 Å². The molecule has 0 amide bonds. The number of unbranched alkanes of at least 4 members (excludes halogenated alkanes) is 9. The average molecular weight is 325 g/mol. The molecular weight excluding hydrogens is 293 g/mol. The van der Waals surface area contributed by atoms with Crippen LogP contribution in [0.4, 0.5) is 4.39 Å². The van der Waals surface area contributed by atoms with Gasteiger partial charge in [0, 0.05) is 12.4 Å². The standard InChI is InChI=1S/C19H32FNO2/c1-2-3-4-5-6-7-8-9-10-11-12-18(20)16-21-14-13-17(15-21)19(22)23/h13-15,18H,2-12,16H2,1H3,(H,22,23)/t18-/m1/s1. The molecule has 0 saturated carbocycles. The molecular formula is C19H32FNO2. The van der Waals surface area contributed by atoms with Crippen LogP contribution in [0.25, 0.3) is 0 Å². The van der Waals surface area contributed by atoms with Gasteiger partial charge in [0.1, 0.15) is 6.17 Å². The van der Waals surface area contributed by atoms with Crippen molar-refractivity contribution in [3.05, 3.63) is 24.0 Å². The zero-order chi connectivity index (χ0) is 16.9. The Morgan fingerprint density at radius 2 is 1.65 bits per heavy atom. The number of carboxylic acid groups (broad SMARTS) is 1. The van der Waals surface area contributed by atoms with Crippen LogP contribution in [-0.4, -0.2) is 21.8 Å². The van der Waals surface area contributed by atoms with Gasteiger partial charge in [0.25, 0.3) is 0 Å². The quantitative estimate of drug-likeness (QED) is 0.437. The normalized spacial score (nSPS) is 12.4. The highest BCUT2D eigenvalue weighted by molar-refractivity contribution is 5.87. The van der Waals surface area contributed by atoms with Crippen molar-refractivity contribution < 1.29 is 14.3 Å². The van der Waals surface area contributed by atoms with Gasteiger partial charge in [-0.25, -0.2) is 9.18 Å². The minimum Gasteiger partial charge on any atom is -0.478 e. The van der Waals surface area contributed by atoms with Crippen LogP contribution < -0.4 is 0 Å². The van der Waals surface area contributed by atoms with Crippen LogP contribution in [0, 0.1) is 0 Å². The van der Waals surface area contributed by atoms with E-state index in [-0.39, 0.29) is 12.1 Å². The van der Waals surface area contributed by atoms with Crippen molar-refractivity contribution in [2.24, 2.45) is 0 Å². The third kappa shape index (κ3) is 9.42. The first kappa shape index (κ1) is 19.7. The van der Waals surface area contributed by atoms with Gasteiger partial charge in [-0.2, -0.15) is 0 Å². The number of hydrogen-bond acceptors (Lipinski definition) is 1. The highest BCUT2D eigenvalue weighted by Gasteiger charge is 2.09. The Morgan fingerprint density at radius 3 is 2.17 bits per heavy atom. The highest BCUT2D eigenvalue weighted by atomic mass is 19.1. The zero-order valence-corrected chi connectivity index (χ0v) is 14.5. The predicted molar refractivity (Wildman–Crippen MR) is 92.7 cm³/mol. The second-order valence-corrected chi connectivity index (χ2v) is 6.47. The van der Waals surface area contributed by atoms with Gasteiger partial charge in [0.05, 0.1) is 12.1 Å². The molecule has 0 fully saturated rings. The Labute approximate surface area is 139 Å². The van der Waals surface area contributed by atoms with Crippen molar-refractivity contribution in [1.29, 1.82) is 0 Å². The number of aromatic carboxylic acids is 1. The minimum absolute atomic E-state index is 0.219. The Morgan fingerprint density at radius 1 is 1.09 bits per heavy atom. The number of halogens is 1. The minimum atomic E-state index is -0.964. The van der Waals surface area contributed by atoms with Crippen molar-refractivity contribution in [1.82, 2.24) is 4.57 Å². The fraction of sp³-hybridized carbons (Fsp3) is 0.737. The predicted octanol–water partition coefficient (Wildman–Crippen LogP) is 5.84. The van der Waals surface area contributed by atoms with E-state index in [1.54, 1.807) is 10.8 Å². The third-order valence-corrected chi connectivity index (χ3v) is 4.28. The third-order valence-electron chi connectivity index (χ3n) is 4.28. The van der Waals surface area contributed by atoms with Gasteiger partial charge in [-0.1, -0.05) is 71.1 Å². The monoisotopic (exact) mass is 325 g/mol. The fourth-order valence-electron chi connectivity index (χ4n) is 2.85. The zero-order valence-electron chi connectivity index (χ0n) is 14.5. The molecule has 1 N–H and O–H groups in total. The largest absolute Gasteiger partial charge is 0.478 e. The summed E-state index contributed by atoms with van der Waals surface area (Å²) in [6.45, 7) is 2.49. The molecule has 0 bridgehead atoms. The molecule has 0 aliphatic rings. The van der Waals surface area contributed by atoms with E-state index in [1.807, 2.05) is 0 Å². The van der Waals surface area contributed by atoms with Crippen LogP contribution in [0.15, 0.2) is 18.5 Å². The molecule has 0 unspecified atom stereocenters. The molecule has 0 radical (unpaired) electrons. The van der Waals surface area contributed by atoms with Crippen molar-refractivity contribution in [2.45, 2.75) is 90.3 Å². The molecule has 1 aromatic heterocycles. The Bertz CT molecular complexity index is 431. The summed E-state index contributed by atoms with van der Waals surface area (Å²) in [7, 11) is 0. The topological polar surface area (TPSA) is 42.2 Å². The number of nitrogens with zero attached hydrogens (tertiary/aromatic N) is 1. The molecule has 1 heterocycles. The molecule has 1 aromatic rings. The average Bonchev–Trinajstić information content (AvgIpc) is 2.98. The van der Waals surface area contributed by atoms with E-state index in [9.17, 15) is 9.18 Å². The molecule has 0 saturated heterocycles. The molecule has 0 aliphatic carbocycles. The lowest BCUT2D eigenvalue weighted by molar-refractivity contribution is 0.0696. The van der Waals surface area contributed by atoms with Crippen LogP contribution in [0.5, 0.6) is 0 Å². The van der Waals surface area contributed by atoms with Gasteiger partial charge in [0.15, 0.2) is 0 Å². The summed E-state index contributed by atoms with van der Waals surface area (Å²) in [6, 6.07) is 1.51. The van der Waals surface area contributed by atoms with Crippen LogP contribution in [0.2, 0.25) is 0 Å². The maximum Gasteiger partial charge on any atom is 0.337 e. The smallest absolute Gasteiger partial charge is 0.337 e. The van der Waals surface area contributed by atoms with E-state index in [0.29, 0.717) is 6.42 Å². The SMILES string of the molecule is CCCCCCCCCCCC[C@@H](F)Cn1ccc(C(=O)O)c1. The lowest BCUT2D eigenvalue weighted by Gasteiger charge is -2.09. The molecule has 0 aromatic carbocycles. The second kappa shape index (κ2) is 12.1. The first-order valence-electron chi connectivity index (χ1n) is 9.16. The van der Waals surface area contributed by atoms with Gasteiger partial charge in [-0.3, -0.25) is 0 Å². The van der Waals surface area contributed by atoms with E-state index in [4.69, 9.17) is 5.11 Å². The van der Waals surface area contributed by atoms with Crippen molar-refractivity contribution in [2.75, 3.05) is 0 Å². The molecule has 3 nitrogen and oxygen atoms in total. The highest BCUT2D eigenvalue weighted by Crippen LogP contribution is 2.14. The number of carbonyl (C=O) groups is 1. The van der Waals surface area contributed by atoms with Crippen LogP contribution in [-0.2, 0) is 6.54 Å². The summed E-state index contributed by atoms with van der Waals surface area (Å²) in [5.74, 6) is -0.964. The Hall–Kier alpha value is -1.32. The van der Waals surface area contributed by atoms with E-state index in [1.165, 1.54) is 63.6 Å². The van der Waals surface area contributed by atoms with Gasteiger partial charge in [0.2, 0.25) is 0 Å². The van der Waals surface area contributed by atoms with Crippen LogP contribution in [0.3, 0.4) is 0 Å². The van der Waals surface area contributed by atoms with Crippen LogP contribution in [0.1, 0.15) is 87.9 Å². The molecule has 23 heavy (non-hydrogen) atoms. The van der Waals surface area contributed by atoms with E-state index < -0.39 is 12.1 Å². The summed E-state index contributed by atoms with van der Waals surface area (Å²) < 4.78 is 15.5. The molecule has 0 aliphatic heterocycles. The van der Waals surface area contributed by atoms with Gasteiger partial charge in [-0.15, -0.1) is 0 Å². The number of rotatable bonds is 14. The summed E-state index contributed by atoms with van der Waals surface area (Å²) in [4.78, 5) is 10.8. The first-order chi connectivity index (χ1) is 11.1. The van der Waals surface area contributed by atoms with Crippen molar-refractivity contribution >= 4 is 5.97 Å². The van der Waals surface area contributed by atoms with Gasteiger partial charge in [-0.05, 0) is 12.5 Å². The lowest BCUT2D eigenvalue weighted by atomic mass is 10.0. The fourth-order valence-corrected chi connectivity index (χ4v) is 2.85. The first-order valence-corrected chi connectivity index (χ1v) is 9.16. The van der Waals surface area contributed by atoms with Crippen molar-refractivity contribution in [3.63, 3.8) is 0 Å². The Balaban J connectivity index is 1.97. The summed E-state index contributed by atoms with van der Waals surface area (Å²) in [6.07, 6.45) is 15.3. The molecule has 132 valence electrons. The molecule has 1 atom stereocenters. The number of hydrogen-bond donors (Lipinski definition) is 1. The number of alkyl halides is 1. The molecule has 4 heteroatoms. The van der Waals surface area contributed by atoms with Crippen LogP contribution >= 0.6 is 0 Å². The summed E-state index contributed by atoms with van der Waals surface area (Å²) in [5, 5.41) is 8.83. The Kier molecular flexibility index (Phi) is 10.4. The van der Waals surface area contributed by atoms with Gasteiger partial charge >= 0.3 is 5.97 Å².